The molecular weight excluding hydrogens is 178 g/mol. The highest BCUT2D eigenvalue weighted by Gasteiger charge is 2.46. The fourth-order valence-corrected chi connectivity index (χ4v) is 2.18. The second-order valence-corrected chi connectivity index (χ2v) is 4.73. The quantitative estimate of drug-likeness (QED) is 0.688. The monoisotopic (exact) mass is 197 g/mol. The first kappa shape index (κ1) is 9.93. The number of hydrogen-bond donors (Lipinski definition) is 2. The summed E-state index contributed by atoms with van der Waals surface area (Å²) in [7, 11) is 0. The van der Waals surface area contributed by atoms with Gasteiger partial charge in [-0.25, -0.2) is 5.43 Å². The lowest BCUT2D eigenvalue weighted by atomic mass is 9.76. The maximum atomic E-state index is 11.6. The van der Waals surface area contributed by atoms with E-state index in [0.717, 1.165) is 25.8 Å². The molecule has 0 aromatic heterocycles. The topological polar surface area (TPSA) is 58.4 Å². The Morgan fingerprint density at radius 1 is 1.64 bits per heavy atom. The summed E-state index contributed by atoms with van der Waals surface area (Å²) in [6.07, 6.45) is 5.10. The third-order valence-corrected chi connectivity index (χ3v) is 3.28. The van der Waals surface area contributed by atoms with Gasteiger partial charge in [-0.3, -0.25) is 9.80 Å². The van der Waals surface area contributed by atoms with Crippen molar-refractivity contribution in [3.05, 3.63) is 0 Å². The van der Waals surface area contributed by atoms with Gasteiger partial charge in [0.25, 0.3) is 0 Å². The minimum Gasteiger partial charge on any atom is -0.328 e. The number of rotatable bonds is 3. The highest BCUT2D eigenvalue weighted by atomic mass is 16.2. The Labute approximate surface area is 84.8 Å². The van der Waals surface area contributed by atoms with Gasteiger partial charge in [-0.05, 0) is 32.6 Å². The fraction of sp³-hybridized carbons (Fsp3) is 0.900. The lowest BCUT2D eigenvalue weighted by Gasteiger charge is -2.38. The van der Waals surface area contributed by atoms with Crippen molar-refractivity contribution in [2.75, 3.05) is 6.54 Å². The Morgan fingerprint density at radius 3 is 2.79 bits per heavy atom. The highest BCUT2D eigenvalue weighted by Crippen LogP contribution is 2.38. The molecule has 0 aromatic carbocycles. The second kappa shape index (κ2) is 3.51. The summed E-state index contributed by atoms with van der Waals surface area (Å²) in [5, 5.41) is 1.77. The van der Waals surface area contributed by atoms with E-state index in [4.69, 9.17) is 5.73 Å². The van der Waals surface area contributed by atoms with E-state index in [9.17, 15) is 4.79 Å². The predicted molar refractivity (Wildman–Crippen MR) is 54.3 cm³/mol. The summed E-state index contributed by atoms with van der Waals surface area (Å²) in [4.78, 5) is 11.6. The van der Waals surface area contributed by atoms with Crippen molar-refractivity contribution in [1.29, 1.82) is 0 Å². The molecule has 1 saturated carbocycles. The summed E-state index contributed by atoms with van der Waals surface area (Å²) in [6, 6.07) is 0.169. The molecular formula is C10H19N3O. The molecule has 1 aliphatic heterocycles. The summed E-state index contributed by atoms with van der Waals surface area (Å²) in [5.41, 5.74) is 9.14. The number of hydrogen-bond acceptors (Lipinski definition) is 3. The van der Waals surface area contributed by atoms with E-state index >= 15 is 0 Å². The van der Waals surface area contributed by atoms with Gasteiger partial charge < -0.3 is 5.73 Å². The van der Waals surface area contributed by atoms with E-state index in [-0.39, 0.29) is 17.5 Å². The van der Waals surface area contributed by atoms with Gasteiger partial charge in [0.2, 0.25) is 5.91 Å². The predicted octanol–water partition coefficient (Wildman–Crippen LogP) is 0.383. The van der Waals surface area contributed by atoms with E-state index in [1.54, 1.807) is 5.01 Å². The van der Waals surface area contributed by atoms with Crippen LogP contribution in [-0.4, -0.2) is 29.0 Å². The summed E-state index contributed by atoms with van der Waals surface area (Å²) < 4.78 is 0. The first-order valence-electron chi connectivity index (χ1n) is 5.45. The van der Waals surface area contributed by atoms with Gasteiger partial charge in [0.15, 0.2) is 0 Å². The van der Waals surface area contributed by atoms with Crippen molar-refractivity contribution < 1.29 is 4.79 Å². The van der Waals surface area contributed by atoms with E-state index in [0.29, 0.717) is 6.42 Å². The third-order valence-electron chi connectivity index (χ3n) is 3.28. The average molecular weight is 197 g/mol. The van der Waals surface area contributed by atoms with Gasteiger partial charge in [-0.1, -0.05) is 0 Å². The zero-order valence-electron chi connectivity index (χ0n) is 8.75. The van der Waals surface area contributed by atoms with Crippen molar-refractivity contribution in [3.8, 4) is 0 Å². The molecule has 14 heavy (non-hydrogen) atoms. The summed E-state index contributed by atoms with van der Waals surface area (Å²) >= 11 is 0. The Hall–Kier alpha value is -0.610. The van der Waals surface area contributed by atoms with Crippen molar-refractivity contribution in [1.82, 2.24) is 10.4 Å². The number of carbonyl (C=O) groups is 1. The number of hydrazine groups is 1. The van der Waals surface area contributed by atoms with E-state index < -0.39 is 0 Å². The first-order chi connectivity index (χ1) is 6.61. The summed E-state index contributed by atoms with van der Waals surface area (Å²) in [6.45, 7) is 2.72. The van der Waals surface area contributed by atoms with E-state index in [1.165, 1.54) is 6.42 Å². The second-order valence-electron chi connectivity index (χ2n) is 4.73. The number of nitrogens with two attached hydrogens (primary N) is 1. The number of nitrogens with one attached hydrogen (secondary N) is 1. The van der Waals surface area contributed by atoms with Gasteiger partial charge in [0.1, 0.15) is 0 Å². The maximum absolute atomic E-state index is 11.6. The first-order valence-corrected chi connectivity index (χ1v) is 5.45. The molecule has 4 nitrogen and oxygen atoms in total. The van der Waals surface area contributed by atoms with Gasteiger partial charge in [-0.2, -0.15) is 0 Å². The Kier molecular flexibility index (Phi) is 2.49. The van der Waals surface area contributed by atoms with Gasteiger partial charge in [0.05, 0.1) is 0 Å². The molecule has 0 aromatic rings. The van der Waals surface area contributed by atoms with Crippen LogP contribution in [-0.2, 0) is 4.79 Å². The van der Waals surface area contributed by atoms with Crippen molar-refractivity contribution in [2.24, 2.45) is 5.73 Å². The fourth-order valence-electron chi connectivity index (χ4n) is 2.18. The molecule has 1 heterocycles. The zero-order chi connectivity index (χ0) is 10.2. The largest absolute Gasteiger partial charge is 0.328 e. The van der Waals surface area contributed by atoms with Crippen LogP contribution >= 0.6 is 0 Å². The minimum atomic E-state index is 0.134. The SMILES string of the molecule is CC(N)CCN1NC2(CCC2)CC1=O. The number of amides is 1. The Bertz CT molecular complexity index is 236. The average Bonchev–Trinajstić information content (AvgIpc) is 2.39. The lowest BCUT2D eigenvalue weighted by molar-refractivity contribution is -0.129. The molecule has 2 fully saturated rings. The zero-order valence-corrected chi connectivity index (χ0v) is 8.75. The molecule has 1 spiro atoms. The van der Waals surface area contributed by atoms with Crippen LogP contribution in [0.1, 0.15) is 39.0 Å². The number of carbonyl (C=O) groups excluding carboxylic acids is 1. The van der Waals surface area contributed by atoms with Crippen LogP contribution in [0, 0.1) is 0 Å². The van der Waals surface area contributed by atoms with Gasteiger partial charge in [-0.15, -0.1) is 0 Å². The van der Waals surface area contributed by atoms with Crippen LogP contribution in [0.3, 0.4) is 0 Å². The molecule has 1 saturated heterocycles. The van der Waals surface area contributed by atoms with Crippen LogP contribution in [0.4, 0.5) is 0 Å². The number of nitrogens with zero attached hydrogens (tertiary/aromatic N) is 1. The molecule has 2 aliphatic rings. The summed E-state index contributed by atoms with van der Waals surface area (Å²) in [5.74, 6) is 0.241. The molecule has 1 amide bonds. The smallest absolute Gasteiger partial charge is 0.238 e. The minimum absolute atomic E-state index is 0.134. The van der Waals surface area contributed by atoms with Crippen molar-refractivity contribution >= 4 is 5.91 Å². The van der Waals surface area contributed by atoms with E-state index in [2.05, 4.69) is 5.43 Å². The molecule has 2 rings (SSSR count). The maximum Gasteiger partial charge on any atom is 0.238 e. The van der Waals surface area contributed by atoms with Crippen molar-refractivity contribution in [2.45, 2.75) is 50.6 Å². The van der Waals surface area contributed by atoms with Crippen molar-refractivity contribution in [3.63, 3.8) is 0 Å². The Morgan fingerprint density at radius 2 is 2.36 bits per heavy atom. The molecule has 0 bridgehead atoms. The van der Waals surface area contributed by atoms with Crippen LogP contribution in [0.15, 0.2) is 0 Å². The standard InChI is InChI=1S/C10H19N3O/c1-8(11)3-6-13-9(14)7-10(12-13)4-2-5-10/h8,12H,2-7,11H2,1H3. The van der Waals surface area contributed by atoms with Crippen LogP contribution in [0.25, 0.3) is 0 Å². The molecule has 0 radical (unpaired) electrons. The normalized spacial score (nSPS) is 26.7. The van der Waals surface area contributed by atoms with Gasteiger partial charge in [0, 0.05) is 24.5 Å². The third kappa shape index (κ3) is 1.77. The highest BCUT2D eigenvalue weighted by molar-refractivity contribution is 5.79. The molecule has 1 aliphatic carbocycles. The lowest BCUT2D eigenvalue weighted by Crippen LogP contribution is -2.51. The van der Waals surface area contributed by atoms with Crippen LogP contribution in [0.5, 0.6) is 0 Å². The molecule has 1 unspecified atom stereocenters. The Balaban J connectivity index is 1.85. The molecule has 4 heteroatoms. The molecule has 80 valence electrons. The molecule has 3 N–H and O–H groups in total. The van der Waals surface area contributed by atoms with Crippen LogP contribution in [0.2, 0.25) is 0 Å². The molecule has 1 atom stereocenters. The van der Waals surface area contributed by atoms with E-state index in [1.807, 2.05) is 6.92 Å². The van der Waals surface area contributed by atoms with Gasteiger partial charge >= 0.3 is 0 Å². The van der Waals surface area contributed by atoms with Crippen LogP contribution < -0.4 is 11.2 Å².